The molecule has 23 heavy (non-hydrogen) atoms. The van der Waals surface area contributed by atoms with E-state index < -0.39 is 0 Å². The van der Waals surface area contributed by atoms with E-state index in [9.17, 15) is 5.11 Å². The molecular weight excluding hydrogens is 306 g/mol. The van der Waals surface area contributed by atoms with Gasteiger partial charge in [-0.15, -0.1) is 11.3 Å². The first-order chi connectivity index (χ1) is 11.1. The first-order valence-corrected chi connectivity index (χ1v) is 8.67. The Hall–Kier alpha value is -1.98. The Labute approximate surface area is 140 Å². The molecule has 2 heterocycles. The molecule has 3 rings (SSSR count). The van der Waals surface area contributed by atoms with E-state index >= 15 is 0 Å². The quantitative estimate of drug-likeness (QED) is 0.713. The molecule has 1 atom stereocenters. The lowest BCUT2D eigenvalue weighted by molar-refractivity contribution is 0.161. The number of hydrogen-bond acceptors (Lipinski definition) is 5. The zero-order valence-electron chi connectivity index (χ0n) is 13.4. The van der Waals surface area contributed by atoms with Crippen molar-refractivity contribution in [3.8, 4) is 10.4 Å². The maximum atomic E-state index is 10.0. The Morgan fingerprint density at radius 1 is 1.17 bits per heavy atom. The summed E-state index contributed by atoms with van der Waals surface area (Å²) in [5, 5.41) is 14.3. The van der Waals surface area contributed by atoms with Gasteiger partial charge >= 0.3 is 0 Å². The van der Waals surface area contributed by atoms with Crippen LogP contribution in [-0.4, -0.2) is 27.7 Å². The maximum absolute atomic E-state index is 10.0. The minimum atomic E-state index is -0.368. The molecule has 4 nitrogen and oxygen atoms in total. The first kappa shape index (κ1) is 15.9. The molecule has 1 aromatic carbocycles. The molecular formula is C18H21N3OS. The zero-order valence-corrected chi connectivity index (χ0v) is 14.2. The number of nitrogens with one attached hydrogen (secondary N) is 1. The third-order valence-corrected chi connectivity index (χ3v) is 4.73. The fourth-order valence-electron chi connectivity index (χ4n) is 2.58. The van der Waals surface area contributed by atoms with Crippen LogP contribution < -0.4 is 5.32 Å². The number of aliphatic hydroxyl groups excluding tert-OH is 1. The van der Waals surface area contributed by atoms with Crippen molar-refractivity contribution in [2.75, 3.05) is 11.9 Å². The topological polar surface area (TPSA) is 58.0 Å². The van der Waals surface area contributed by atoms with Crippen LogP contribution in [0, 0.1) is 5.92 Å². The van der Waals surface area contributed by atoms with E-state index in [1.165, 1.54) is 10.4 Å². The number of thiophene rings is 1. The number of benzene rings is 1. The molecule has 5 heteroatoms. The second kappa shape index (κ2) is 7.06. The van der Waals surface area contributed by atoms with Crippen LogP contribution in [0.1, 0.15) is 20.3 Å². The molecule has 0 amide bonds. The van der Waals surface area contributed by atoms with Crippen molar-refractivity contribution in [2.45, 2.75) is 26.4 Å². The van der Waals surface area contributed by atoms with Crippen LogP contribution >= 0.6 is 11.3 Å². The average molecular weight is 327 g/mol. The number of aliphatic hydroxyl groups is 1. The maximum Gasteiger partial charge on any atom is 0.138 e. The Bertz CT molecular complexity index is 770. The summed E-state index contributed by atoms with van der Waals surface area (Å²) in [7, 11) is 0. The van der Waals surface area contributed by atoms with Crippen molar-refractivity contribution in [3.05, 3.63) is 42.7 Å². The molecule has 0 spiro atoms. The van der Waals surface area contributed by atoms with Crippen LogP contribution in [0.4, 0.5) is 5.82 Å². The molecule has 120 valence electrons. The number of hydrogen-bond donors (Lipinski definition) is 2. The summed E-state index contributed by atoms with van der Waals surface area (Å²) in [5.74, 6) is 1.26. The van der Waals surface area contributed by atoms with Crippen LogP contribution in [0.5, 0.6) is 0 Å². The van der Waals surface area contributed by atoms with Gasteiger partial charge < -0.3 is 10.4 Å². The van der Waals surface area contributed by atoms with Crippen LogP contribution in [0.3, 0.4) is 0 Å². The molecule has 3 aromatic rings. The Balaban J connectivity index is 1.83. The number of fused-ring (bicyclic) bond motifs is 1. The summed E-state index contributed by atoms with van der Waals surface area (Å²) >= 11 is 1.66. The summed E-state index contributed by atoms with van der Waals surface area (Å²) in [4.78, 5) is 10.8. The van der Waals surface area contributed by atoms with E-state index in [4.69, 9.17) is 0 Å². The monoisotopic (exact) mass is 327 g/mol. The number of nitrogens with zero attached hydrogens (tertiary/aromatic N) is 2. The predicted octanol–water partition coefficient (Wildman–Crippen LogP) is 4.18. The highest BCUT2D eigenvalue weighted by atomic mass is 32.1. The summed E-state index contributed by atoms with van der Waals surface area (Å²) in [6, 6.07) is 12.4. The van der Waals surface area contributed by atoms with Crippen molar-refractivity contribution in [1.29, 1.82) is 0 Å². The highest BCUT2D eigenvalue weighted by Crippen LogP contribution is 2.34. The summed E-state index contributed by atoms with van der Waals surface area (Å²) in [6.07, 6.45) is 1.98. The van der Waals surface area contributed by atoms with Crippen LogP contribution in [0.2, 0.25) is 0 Å². The number of aromatic nitrogens is 2. The van der Waals surface area contributed by atoms with Gasteiger partial charge in [0.1, 0.15) is 17.0 Å². The van der Waals surface area contributed by atoms with Crippen molar-refractivity contribution in [1.82, 2.24) is 9.97 Å². The van der Waals surface area contributed by atoms with Gasteiger partial charge in [0.05, 0.1) is 11.5 Å². The van der Waals surface area contributed by atoms with Crippen molar-refractivity contribution >= 4 is 27.4 Å². The van der Waals surface area contributed by atoms with Crippen LogP contribution in [-0.2, 0) is 0 Å². The van der Waals surface area contributed by atoms with Gasteiger partial charge in [-0.2, -0.15) is 0 Å². The lowest BCUT2D eigenvalue weighted by Gasteiger charge is -2.14. The standard InChI is InChI=1S/C18H21N3OS/c1-12(2)8-14(22)10-19-17-15-9-16(13-6-4-3-5-7-13)23-18(15)21-11-20-17/h3-7,9,11-12,14,22H,8,10H2,1-2H3,(H,19,20,21). The zero-order chi connectivity index (χ0) is 16.2. The van der Waals surface area contributed by atoms with Gasteiger partial charge in [0.2, 0.25) is 0 Å². The molecule has 2 aromatic heterocycles. The smallest absolute Gasteiger partial charge is 0.138 e. The molecule has 0 fully saturated rings. The van der Waals surface area contributed by atoms with E-state index in [-0.39, 0.29) is 6.10 Å². The van der Waals surface area contributed by atoms with E-state index in [0.717, 1.165) is 22.5 Å². The van der Waals surface area contributed by atoms with Crippen molar-refractivity contribution < 1.29 is 5.11 Å². The SMILES string of the molecule is CC(C)CC(O)CNc1ncnc2sc(-c3ccccc3)cc12. The van der Waals surface area contributed by atoms with Gasteiger partial charge in [0.25, 0.3) is 0 Å². The second-order valence-electron chi connectivity index (χ2n) is 6.08. The number of anilines is 1. The third-order valence-electron chi connectivity index (χ3n) is 3.64. The molecule has 1 unspecified atom stereocenters. The molecule has 0 aliphatic heterocycles. The Morgan fingerprint density at radius 3 is 2.70 bits per heavy atom. The summed E-state index contributed by atoms with van der Waals surface area (Å²) in [5.41, 5.74) is 1.18. The fraction of sp³-hybridized carbons (Fsp3) is 0.333. The van der Waals surface area contributed by atoms with E-state index in [1.807, 2.05) is 18.2 Å². The van der Waals surface area contributed by atoms with Gasteiger partial charge in [-0.1, -0.05) is 44.2 Å². The highest BCUT2D eigenvalue weighted by Gasteiger charge is 2.12. The Kier molecular flexibility index (Phi) is 4.88. The highest BCUT2D eigenvalue weighted by molar-refractivity contribution is 7.21. The molecule has 0 aliphatic rings. The van der Waals surface area contributed by atoms with E-state index in [0.29, 0.717) is 12.5 Å². The lowest BCUT2D eigenvalue weighted by atomic mass is 10.1. The molecule has 0 bridgehead atoms. The molecule has 0 aliphatic carbocycles. The molecule has 0 radical (unpaired) electrons. The van der Waals surface area contributed by atoms with Crippen LogP contribution in [0.25, 0.3) is 20.7 Å². The number of rotatable bonds is 6. The molecule has 0 saturated carbocycles. The van der Waals surface area contributed by atoms with Crippen LogP contribution in [0.15, 0.2) is 42.7 Å². The average Bonchev–Trinajstić information content (AvgIpc) is 2.98. The Morgan fingerprint density at radius 2 is 1.96 bits per heavy atom. The second-order valence-corrected chi connectivity index (χ2v) is 7.11. The van der Waals surface area contributed by atoms with E-state index in [2.05, 4.69) is 47.3 Å². The van der Waals surface area contributed by atoms with Crippen molar-refractivity contribution in [3.63, 3.8) is 0 Å². The summed E-state index contributed by atoms with van der Waals surface area (Å²) < 4.78 is 0. The normalized spacial score (nSPS) is 12.7. The van der Waals surface area contributed by atoms with Crippen molar-refractivity contribution in [2.24, 2.45) is 5.92 Å². The van der Waals surface area contributed by atoms with E-state index in [1.54, 1.807) is 17.7 Å². The van der Waals surface area contributed by atoms with Gasteiger partial charge in [-0.25, -0.2) is 9.97 Å². The lowest BCUT2D eigenvalue weighted by Crippen LogP contribution is -2.21. The minimum absolute atomic E-state index is 0.368. The third kappa shape index (κ3) is 3.86. The fourth-order valence-corrected chi connectivity index (χ4v) is 3.59. The van der Waals surface area contributed by atoms with Gasteiger partial charge in [-0.05, 0) is 24.0 Å². The van der Waals surface area contributed by atoms with Gasteiger partial charge in [-0.3, -0.25) is 0 Å². The van der Waals surface area contributed by atoms with Gasteiger partial charge in [0.15, 0.2) is 0 Å². The first-order valence-electron chi connectivity index (χ1n) is 7.85. The predicted molar refractivity (Wildman–Crippen MR) is 96.8 cm³/mol. The molecule has 0 saturated heterocycles. The molecule has 2 N–H and O–H groups in total. The summed E-state index contributed by atoms with van der Waals surface area (Å²) in [6.45, 7) is 4.72. The van der Waals surface area contributed by atoms with Gasteiger partial charge in [0, 0.05) is 11.4 Å². The largest absolute Gasteiger partial charge is 0.391 e. The minimum Gasteiger partial charge on any atom is -0.391 e.